The van der Waals surface area contributed by atoms with Crippen molar-refractivity contribution >= 4 is 5.82 Å². The van der Waals surface area contributed by atoms with Crippen molar-refractivity contribution in [2.45, 2.75) is 13.8 Å². The Morgan fingerprint density at radius 3 is 2.33 bits per heavy atom. The van der Waals surface area contributed by atoms with Gasteiger partial charge in [0.2, 0.25) is 0 Å². The largest absolute Gasteiger partial charge is 0.382 e. The van der Waals surface area contributed by atoms with Crippen molar-refractivity contribution in [2.75, 3.05) is 5.73 Å². The molecule has 0 unspecified atom stereocenters. The highest BCUT2D eigenvalue weighted by molar-refractivity contribution is 5.59. The van der Waals surface area contributed by atoms with Crippen LogP contribution < -0.4 is 5.73 Å². The van der Waals surface area contributed by atoms with E-state index in [1.165, 1.54) is 5.56 Å². The van der Waals surface area contributed by atoms with Crippen molar-refractivity contribution in [3.05, 3.63) is 41.7 Å². The van der Waals surface area contributed by atoms with Crippen molar-refractivity contribution in [1.29, 1.82) is 0 Å². The monoisotopic (exact) mass is 199 g/mol. The van der Waals surface area contributed by atoms with E-state index in [4.69, 9.17) is 5.73 Å². The van der Waals surface area contributed by atoms with Gasteiger partial charge in [-0.15, -0.1) is 0 Å². The molecule has 3 nitrogen and oxygen atoms in total. The van der Waals surface area contributed by atoms with Crippen LogP contribution in [-0.4, -0.2) is 9.97 Å². The molecule has 2 N–H and O–H groups in total. The lowest BCUT2D eigenvalue weighted by Crippen LogP contribution is -1.97. The SMILES string of the molecule is Cc1ccc(-c2cnc(N)c(C)n2)cc1. The van der Waals surface area contributed by atoms with E-state index >= 15 is 0 Å². The third kappa shape index (κ3) is 1.96. The van der Waals surface area contributed by atoms with Crippen LogP contribution in [0, 0.1) is 13.8 Å². The van der Waals surface area contributed by atoms with Crippen molar-refractivity contribution in [1.82, 2.24) is 9.97 Å². The minimum Gasteiger partial charge on any atom is -0.382 e. The van der Waals surface area contributed by atoms with E-state index in [-0.39, 0.29) is 0 Å². The molecule has 1 aromatic carbocycles. The Hall–Kier alpha value is -1.90. The van der Waals surface area contributed by atoms with Gasteiger partial charge in [0.05, 0.1) is 17.6 Å². The second-order valence-electron chi connectivity index (χ2n) is 3.59. The fourth-order valence-corrected chi connectivity index (χ4v) is 1.35. The van der Waals surface area contributed by atoms with Crippen LogP contribution in [0.4, 0.5) is 5.82 Å². The number of hydrogen-bond donors (Lipinski definition) is 1. The van der Waals surface area contributed by atoms with E-state index in [0.717, 1.165) is 17.0 Å². The first-order chi connectivity index (χ1) is 7.16. The highest BCUT2D eigenvalue weighted by Crippen LogP contribution is 2.18. The predicted octanol–water partition coefficient (Wildman–Crippen LogP) is 2.34. The summed E-state index contributed by atoms with van der Waals surface area (Å²) >= 11 is 0. The summed E-state index contributed by atoms with van der Waals surface area (Å²) in [6, 6.07) is 8.19. The third-order valence-electron chi connectivity index (χ3n) is 2.33. The Morgan fingerprint density at radius 1 is 1.07 bits per heavy atom. The Labute approximate surface area is 89.0 Å². The zero-order valence-electron chi connectivity index (χ0n) is 8.86. The standard InChI is InChI=1S/C12H13N3/c1-8-3-5-10(6-4-8)11-7-14-12(13)9(2)15-11/h3-7H,1-2H3,(H2,13,14). The fraction of sp³-hybridized carbons (Fsp3) is 0.167. The van der Waals surface area contributed by atoms with E-state index < -0.39 is 0 Å². The molecule has 0 saturated heterocycles. The normalized spacial score (nSPS) is 10.3. The quantitative estimate of drug-likeness (QED) is 0.767. The van der Waals surface area contributed by atoms with E-state index in [0.29, 0.717) is 5.82 Å². The van der Waals surface area contributed by atoms with Gasteiger partial charge in [-0.05, 0) is 13.8 Å². The molecule has 0 saturated carbocycles. The molecular formula is C12H13N3. The maximum absolute atomic E-state index is 5.62. The van der Waals surface area contributed by atoms with Crippen molar-refractivity contribution < 1.29 is 0 Å². The molecule has 2 rings (SSSR count). The molecule has 3 heteroatoms. The summed E-state index contributed by atoms with van der Waals surface area (Å²) in [5.74, 6) is 0.492. The van der Waals surface area contributed by atoms with Gasteiger partial charge >= 0.3 is 0 Å². The molecule has 0 bridgehead atoms. The molecule has 0 spiro atoms. The summed E-state index contributed by atoms with van der Waals surface area (Å²) in [6.45, 7) is 3.92. The van der Waals surface area contributed by atoms with Crippen LogP contribution in [0.5, 0.6) is 0 Å². The Morgan fingerprint density at radius 2 is 1.73 bits per heavy atom. The van der Waals surface area contributed by atoms with E-state index in [2.05, 4.69) is 29.0 Å². The first-order valence-corrected chi connectivity index (χ1v) is 4.83. The van der Waals surface area contributed by atoms with Crippen molar-refractivity contribution in [3.8, 4) is 11.3 Å². The maximum atomic E-state index is 5.62. The predicted molar refractivity (Wildman–Crippen MR) is 61.4 cm³/mol. The van der Waals surface area contributed by atoms with Crippen LogP contribution >= 0.6 is 0 Å². The van der Waals surface area contributed by atoms with Crippen LogP contribution in [0.25, 0.3) is 11.3 Å². The molecule has 0 aliphatic heterocycles. The summed E-state index contributed by atoms with van der Waals surface area (Å²) in [5, 5.41) is 0. The van der Waals surface area contributed by atoms with Gasteiger partial charge in [-0.1, -0.05) is 29.8 Å². The highest BCUT2D eigenvalue weighted by Gasteiger charge is 2.02. The number of anilines is 1. The van der Waals surface area contributed by atoms with Crippen LogP contribution in [0.3, 0.4) is 0 Å². The summed E-state index contributed by atoms with van der Waals surface area (Å²) in [5.41, 5.74) is 9.55. The molecule has 1 heterocycles. The van der Waals surface area contributed by atoms with Crippen LogP contribution in [0.15, 0.2) is 30.5 Å². The summed E-state index contributed by atoms with van der Waals surface area (Å²) in [7, 11) is 0. The molecule has 15 heavy (non-hydrogen) atoms. The molecule has 0 radical (unpaired) electrons. The number of hydrogen-bond acceptors (Lipinski definition) is 3. The number of rotatable bonds is 1. The van der Waals surface area contributed by atoms with E-state index in [9.17, 15) is 0 Å². The fourth-order valence-electron chi connectivity index (χ4n) is 1.35. The number of aryl methyl sites for hydroxylation is 2. The van der Waals surface area contributed by atoms with Crippen LogP contribution in [0.1, 0.15) is 11.3 Å². The van der Waals surface area contributed by atoms with Crippen LogP contribution in [-0.2, 0) is 0 Å². The molecule has 2 aromatic rings. The summed E-state index contributed by atoms with van der Waals surface area (Å²) in [6.07, 6.45) is 1.70. The number of nitrogens with zero attached hydrogens (tertiary/aromatic N) is 2. The first-order valence-electron chi connectivity index (χ1n) is 4.83. The Bertz CT molecular complexity index is 475. The van der Waals surface area contributed by atoms with Crippen LogP contribution in [0.2, 0.25) is 0 Å². The second kappa shape index (κ2) is 3.69. The number of nitrogen functional groups attached to an aromatic ring is 1. The molecular weight excluding hydrogens is 186 g/mol. The third-order valence-corrected chi connectivity index (χ3v) is 2.33. The number of aromatic nitrogens is 2. The number of benzene rings is 1. The molecule has 0 atom stereocenters. The zero-order valence-corrected chi connectivity index (χ0v) is 8.86. The number of nitrogens with two attached hydrogens (primary N) is 1. The van der Waals surface area contributed by atoms with Gasteiger partial charge in [0.15, 0.2) is 0 Å². The Kier molecular flexibility index (Phi) is 2.37. The first kappa shape index (κ1) is 9.65. The van der Waals surface area contributed by atoms with Gasteiger partial charge in [0, 0.05) is 5.56 Å². The maximum Gasteiger partial charge on any atom is 0.144 e. The van der Waals surface area contributed by atoms with Gasteiger partial charge < -0.3 is 5.73 Å². The smallest absolute Gasteiger partial charge is 0.144 e. The van der Waals surface area contributed by atoms with Gasteiger partial charge in [-0.3, -0.25) is 0 Å². The molecule has 0 fully saturated rings. The Balaban J connectivity index is 2.45. The summed E-state index contributed by atoms with van der Waals surface area (Å²) < 4.78 is 0. The topological polar surface area (TPSA) is 51.8 Å². The molecule has 76 valence electrons. The van der Waals surface area contributed by atoms with Gasteiger partial charge in [-0.2, -0.15) is 0 Å². The van der Waals surface area contributed by atoms with Gasteiger partial charge in [0.1, 0.15) is 5.82 Å². The average Bonchev–Trinajstić information content (AvgIpc) is 2.23. The van der Waals surface area contributed by atoms with Gasteiger partial charge in [-0.25, -0.2) is 9.97 Å². The van der Waals surface area contributed by atoms with Crippen molar-refractivity contribution in [3.63, 3.8) is 0 Å². The lowest BCUT2D eigenvalue weighted by molar-refractivity contribution is 1.13. The molecule has 0 aliphatic carbocycles. The van der Waals surface area contributed by atoms with E-state index in [1.807, 2.05) is 19.1 Å². The van der Waals surface area contributed by atoms with E-state index in [1.54, 1.807) is 6.20 Å². The highest BCUT2D eigenvalue weighted by atomic mass is 14.9. The minimum atomic E-state index is 0.492. The second-order valence-corrected chi connectivity index (χ2v) is 3.59. The molecule has 0 aliphatic rings. The zero-order chi connectivity index (χ0) is 10.8. The lowest BCUT2D eigenvalue weighted by atomic mass is 10.1. The minimum absolute atomic E-state index is 0.492. The molecule has 1 aromatic heterocycles. The lowest BCUT2D eigenvalue weighted by Gasteiger charge is -2.03. The van der Waals surface area contributed by atoms with Crippen molar-refractivity contribution in [2.24, 2.45) is 0 Å². The summed E-state index contributed by atoms with van der Waals surface area (Å²) in [4.78, 5) is 8.48. The van der Waals surface area contributed by atoms with Gasteiger partial charge in [0.25, 0.3) is 0 Å². The average molecular weight is 199 g/mol. The molecule has 0 amide bonds.